The monoisotopic (exact) mass is 373 g/mol. The summed E-state index contributed by atoms with van der Waals surface area (Å²) in [5.74, 6) is 1.01. The summed E-state index contributed by atoms with van der Waals surface area (Å²) < 4.78 is 32.8. The van der Waals surface area contributed by atoms with Gasteiger partial charge < -0.3 is 10.2 Å². The molecular formula is C13H16BrN3O3S. The SMILES string of the molecule is Cc1nc(CNS(=O)(=O)c2ccc(CN)cc2Br)oc1C. The molecule has 8 heteroatoms. The Labute approximate surface area is 131 Å². The number of halogens is 1. The summed E-state index contributed by atoms with van der Waals surface area (Å²) in [4.78, 5) is 4.29. The molecule has 114 valence electrons. The highest BCUT2D eigenvalue weighted by Gasteiger charge is 2.19. The van der Waals surface area contributed by atoms with Gasteiger partial charge in [0.15, 0.2) is 0 Å². The van der Waals surface area contributed by atoms with E-state index >= 15 is 0 Å². The Morgan fingerprint density at radius 2 is 2.10 bits per heavy atom. The molecule has 0 amide bonds. The Kier molecular flexibility index (Phi) is 4.82. The highest BCUT2D eigenvalue weighted by Crippen LogP contribution is 2.23. The molecule has 1 aromatic carbocycles. The summed E-state index contributed by atoms with van der Waals surface area (Å²) in [6, 6.07) is 4.88. The molecule has 0 spiro atoms. The van der Waals surface area contributed by atoms with Crippen LogP contribution in [0.5, 0.6) is 0 Å². The molecule has 0 atom stereocenters. The Morgan fingerprint density at radius 1 is 1.38 bits per heavy atom. The fourth-order valence-corrected chi connectivity index (χ4v) is 3.84. The lowest BCUT2D eigenvalue weighted by molar-refractivity contribution is 0.463. The number of nitrogens with one attached hydrogen (secondary N) is 1. The summed E-state index contributed by atoms with van der Waals surface area (Å²) >= 11 is 3.25. The van der Waals surface area contributed by atoms with Crippen molar-refractivity contribution in [3.63, 3.8) is 0 Å². The van der Waals surface area contributed by atoms with Gasteiger partial charge >= 0.3 is 0 Å². The van der Waals surface area contributed by atoms with Crippen molar-refractivity contribution in [2.45, 2.75) is 31.8 Å². The topological polar surface area (TPSA) is 98.2 Å². The number of aromatic nitrogens is 1. The van der Waals surface area contributed by atoms with E-state index in [-0.39, 0.29) is 11.4 Å². The van der Waals surface area contributed by atoms with Gasteiger partial charge in [0.05, 0.1) is 17.1 Å². The standard InChI is InChI=1S/C13H16BrN3O3S/c1-8-9(2)20-13(17-8)7-16-21(18,19)12-4-3-10(6-15)5-11(12)14/h3-5,16H,6-7,15H2,1-2H3. The van der Waals surface area contributed by atoms with Crippen molar-refractivity contribution < 1.29 is 12.8 Å². The van der Waals surface area contributed by atoms with E-state index < -0.39 is 10.0 Å². The summed E-state index contributed by atoms with van der Waals surface area (Å²) in [5, 5.41) is 0. The Morgan fingerprint density at radius 3 is 2.62 bits per heavy atom. The highest BCUT2D eigenvalue weighted by molar-refractivity contribution is 9.10. The minimum absolute atomic E-state index is 0.00208. The molecule has 0 unspecified atom stereocenters. The summed E-state index contributed by atoms with van der Waals surface area (Å²) in [5.41, 5.74) is 7.12. The fourth-order valence-electron chi connectivity index (χ4n) is 1.74. The number of nitrogens with zero attached hydrogens (tertiary/aromatic N) is 1. The lowest BCUT2D eigenvalue weighted by Crippen LogP contribution is -2.24. The van der Waals surface area contributed by atoms with Crippen molar-refractivity contribution in [2.75, 3.05) is 0 Å². The molecular weight excluding hydrogens is 358 g/mol. The van der Waals surface area contributed by atoms with Crippen molar-refractivity contribution >= 4 is 26.0 Å². The molecule has 21 heavy (non-hydrogen) atoms. The van der Waals surface area contributed by atoms with E-state index in [2.05, 4.69) is 25.6 Å². The average molecular weight is 374 g/mol. The van der Waals surface area contributed by atoms with Gasteiger partial charge in [-0.05, 0) is 47.5 Å². The Hall–Kier alpha value is -1.22. The van der Waals surface area contributed by atoms with E-state index in [1.807, 2.05) is 0 Å². The molecule has 1 aromatic heterocycles. The molecule has 1 heterocycles. The van der Waals surface area contributed by atoms with Crippen LogP contribution in [-0.2, 0) is 23.1 Å². The number of hydrogen-bond acceptors (Lipinski definition) is 5. The summed E-state index contributed by atoms with van der Waals surface area (Å²) in [6.45, 7) is 3.94. The van der Waals surface area contributed by atoms with E-state index in [1.54, 1.807) is 26.0 Å². The number of hydrogen-bond donors (Lipinski definition) is 2. The third kappa shape index (κ3) is 3.70. The third-order valence-corrected chi connectivity index (χ3v) is 5.39. The molecule has 0 saturated heterocycles. The van der Waals surface area contributed by atoms with Crippen molar-refractivity contribution in [1.82, 2.24) is 9.71 Å². The number of benzene rings is 1. The zero-order chi connectivity index (χ0) is 15.6. The molecule has 2 rings (SSSR count). The maximum Gasteiger partial charge on any atom is 0.242 e. The zero-order valence-electron chi connectivity index (χ0n) is 11.7. The molecule has 0 bridgehead atoms. The molecule has 0 radical (unpaired) electrons. The van der Waals surface area contributed by atoms with Crippen LogP contribution in [0.1, 0.15) is 22.9 Å². The van der Waals surface area contributed by atoms with Crippen LogP contribution >= 0.6 is 15.9 Å². The third-order valence-electron chi connectivity index (χ3n) is 3.01. The molecule has 6 nitrogen and oxygen atoms in total. The second-order valence-corrected chi connectivity index (χ2v) is 7.13. The summed E-state index contributed by atoms with van der Waals surface area (Å²) in [7, 11) is -3.66. The molecule has 0 aliphatic carbocycles. The van der Waals surface area contributed by atoms with E-state index in [0.717, 1.165) is 11.3 Å². The summed E-state index contributed by atoms with van der Waals surface area (Å²) in [6.07, 6.45) is 0. The van der Waals surface area contributed by atoms with E-state index in [0.29, 0.717) is 22.7 Å². The van der Waals surface area contributed by atoms with Crippen LogP contribution in [0, 0.1) is 13.8 Å². The van der Waals surface area contributed by atoms with Crippen molar-refractivity contribution in [3.8, 4) is 0 Å². The lowest BCUT2D eigenvalue weighted by Gasteiger charge is -2.08. The second kappa shape index (κ2) is 6.27. The van der Waals surface area contributed by atoms with E-state index in [9.17, 15) is 8.42 Å². The van der Waals surface area contributed by atoms with Gasteiger partial charge in [-0.15, -0.1) is 0 Å². The van der Waals surface area contributed by atoms with Crippen LogP contribution in [0.25, 0.3) is 0 Å². The number of sulfonamides is 1. The van der Waals surface area contributed by atoms with Crippen LogP contribution < -0.4 is 10.5 Å². The van der Waals surface area contributed by atoms with Gasteiger partial charge in [0, 0.05) is 11.0 Å². The van der Waals surface area contributed by atoms with Gasteiger partial charge in [-0.3, -0.25) is 0 Å². The smallest absolute Gasteiger partial charge is 0.242 e. The van der Waals surface area contributed by atoms with Crippen molar-refractivity contribution in [2.24, 2.45) is 5.73 Å². The second-order valence-electron chi connectivity index (χ2n) is 4.54. The number of oxazole rings is 1. The largest absolute Gasteiger partial charge is 0.444 e. The van der Waals surface area contributed by atoms with Gasteiger partial charge in [0.25, 0.3) is 0 Å². The van der Waals surface area contributed by atoms with Crippen LogP contribution in [0.2, 0.25) is 0 Å². The maximum atomic E-state index is 12.3. The van der Waals surface area contributed by atoms with Crippen LogP contribution in [-0.4, -0.2) is 13.4 Å². The minimum Gasteiger partial charge on any atom is -0.444 e. The zero-order valence-corrected chi connectivity index (χ0v) is 14.1. The van der Waals surface area contributed by atoms with Gasteiger partial charge in [-0.1, -0.05) is 6.07 Å². The fraction of sp³-hybridized carbons (Fsp3) is 0.308. The quantitative estimate of drug-likeness (QED) is 0.834. The van der Waals surface area contributed by atoms with Gasteiger partial charge in [-0.2, -0.15) is 0 Å². The first-order valence-electron chi connectivity index (χ1n) is 6.24. The number of aryl methyl sites for hydroxylation is 2. The van der Waals surface area contributed by atoms with Crippen molar-refractivity contribution in [3.05, 3.63) is 45.6 Å². The van der Waals surface area contributed by atoms with Gasteiger partial charge in [0.2, 0.25) is 15.9 Å². The molecule has 0 aliphatic rings. The number of rotatable bonds is 5. The molecule has 0 aliphatic heterocycles. The van der Waals surface area contributed by atoms with E-state index in [4.69, 9.17) is 10.2 Å². The normalized spacial score (nSPS) is 11.8. The molecule has 2 aromatic rings. The first kappa shape index (κ1) is 16.2. The van der Waals surface area contributed by atoms with Crippen LogP contribution in [0.4, 0.5) is 0 Å². The van der Waals surface area contributed by atoms with Gasteiger partial charge in [0.1, 0.15) is 5.76 Å². The first-order chi connectivity index (χ1) is 9.83. The lowest BCUT2D eigenvalue weighted by atomic mass is 10.2. The average Bonchev–Trinajstić information content (AvgIpc) is 2.75. The van der Waals surface area contributed by atoms with Crippen molar-refractivity contribution in [1.29, 1.82) is 0 Å². The molecule has 3 N–H and O–H groups in total. The minimum atomic E-state index is -3.66. The van der Waals surface area contributed by atoms with Crippen LogP contribution in [0.15, 0.2) is 32.0 Å². The molecule has 0 saturated carbocycles. The molecule has 0 fully saturated rings. The predicted molar refractivity (Wildman–Crippen MR) is 82.0 cm³/mol. The maximum absolute atomic E-state index is 12.3. The predicted octanol–water partition coefficient (Wildman–Crippen LogP) is 1.99. The van der Waals surface area contributed by atoms with Crippen LogP contribution in [0.3, 0.4) is 0 Å². The Balaban J connectivity index is 2.18. The highest BCUT2D eigenvalue weighted by atomic mass is 79.9. The van der Waals surface area contributed by atoms with Gasteiger partial charge in [-0.25, -0.2) is 18.1 Å². The first-order valence-corrected chi connectivity index (χ1v) is 8.52. The van der Waals surface area contributed by atoms with E-state index in [1.165, 1.54) is 6.07 Å². The number of nitrogens with two attached hydrogens (primary N) is 1. The Bertz CT molecular complexity index is 737.